The average Bonchev–Trinajstić information content (AvgIpc) is 2.74. The Morgan fingerprint density at radius 3 is 2.48 bits per heavy atom. The summed E-state index contributed by atoms with van der Waals surface area (Å²) in [6.45, 7) is 6.08. The first kappa shape index (κ1) is 15.6. The summed E-state index contributed by atoms with van der Waals surface area (Å²) in [6.07, 6.45) is -4.31. The molecule has 1 N–H and O–H groups in total. The predicted octanol–water partition coefficient (Wildman–Crippen LogP) is 4.77. The summed E-state index contributed by atoms with van der Waals surface area (Å²) in [4.78, 5) is 0. The zero-order valence-electron chi connectivity index (χ0n) is 12.2. The maximum atomic E-state index is 12.7. The van der Waals surface area contributed by atoms with E-state index in [0.29, 0.717) is 12.1 Å². The van der Waals surface area contributed by atoms with E-state index in [1.54, 1.807) is 6.07 Å². The molecule has 114 valence electrons. The van der Waals surface area contributed by atoms with Crippen LogP contribution in [0.5, 0.6) is 0 Å². The molecule has 0 fully saturated rings. The maximum Gasteiger partial charge on any atom is 0.416 e. The van der Waals surface area contributed by atoms with Crippen molar-refractivity contribution in [1.29, 1.82) is 0 Å². The normalized spacial score (nSPS) is 13.4. The quantitative estimate of drug-likeness (QED) is 0.879. The highest BCUT2D eigenvalue weighted by atomic mass is 19.4. The van der Waals surface area contributed by atoms with Gasteiger partial charge in [-0.05, 0) is 38.5 Å². The summed E-state index contributed by atoms with van der Waals surface area (Å²) in [6, 6.07) is 7.32. The lowest BCUT2D eigenvalue weighted by Gasteiger charge is -2.14. The number of hydrogen-bond acceptors (Lipinski definition) is 2. The largest absolute Gasteiger partial charge is 0.466 e. The number of furan rings is 1. The minimum Gasteiger partial charge on any atom is -0.466 e. The van der Waals surface area contributed by atoms with Crippen molar-refractivity contribution in [2.75, 3.05) is 0 Å². The fraction of sp³-hybridized carbons (Fsp3) is 0.375. The van der Waals surface area contributed by atoms with Crippen LogP contribution in [-0.4, -0.2) is 0 Å². The monoisotopic (exact) mass is 297 g/mol. The third-order valence-electron chi connectivity index (χ3n) is 3.41. The van der Waals surface area contributed by atoms with Gasteiger partial charge in [-0.2, -0.15) is 13.2 Å². The smallest absolute Gasteiger partial charge is 0.416 e. The second kappa shape index (κ2) is 5.93. The fourth-order valence-corrected chi connectivity index (χ4v) is 2.32. The molecule has 0 saturated heterocycles. The standard InChI is InChI=1S/C16H18F3NO/c1-10-7-15(12(3)21-10)11(2)20-9-13-5-4-6-14(8-13)16(17,18)19/h4-8,11,20H,9H2,1-3H3. The molecular weight excluding hydrogens is 279 g/mol. The molecule has 0 bridgehead atoms. The minimum atomic E-state index is -4.31. The van der Waals surface area contributed by atoms with Crippen LogP contribution in [0.1, 0.15) is 41.2 Å². The van der Waals surface area contributed by atoms with Gasteiger partial charge in [0.25, 0.3) is 0 Å². The van der Waals surface area contributed by atoms with Crippen LogP contribution in [0.4, 0.5) is 13.2 Å². The molecule has 0 aliphatic rings. The highest BCUT2D eigenvalue weighted by Crippen LogP contribution is 2.29. The molecule has 1 atom stereocenters. The van der Waals surface area contributed by atoms with Crippen LogP contribution >= 0.6 is 0 Å². The van der Waals surface area contributed by atoms with Crippen LogP contribution in [0.15, 0.2) is 34.7 Å². The van der Waals surface area contributed by atoms with Gasteiger partial charge in [-0.3, -0.25) is 0 Å². The van der Waals surface area contributed by atoms with E-state index in [-0.39, 0.29) is 6.04 Å². The van der Waals surface area contributed by atoms with E-state index in [1.165, 1.54) is 12.1 Å². The number of alkyl halides is 3. The Kier molecular flexibility index (Phi) is 4.42. The van der Waals surface area contributed by atoms with Gasteiger partial charge in [0.2, 0.25) is 0 Å². The predicted molar refractivity (Wildman–Crippen MR) is 74.9 cm³/mol. The molecule has 1 heterocycles. The van der Waals surface area contributed by atoms with Gasteiger partial charge >= 0.3 is 6.18 Å². The van der Waals surface area contributed by atoms with Crippen molar-refractivity contribution >= 4 is 0 Å². The molecule has 0 amide bonds. The van der Waals surface area contributed by atoms with Crippen molar-refractivity contribution in [2.45, 2.75) is 39.5 Å². The second-order valence-electron chi connectivity index (χ2n) is 5.17. The van der Waals surface area contributed by atoms with Crippen molar-refractivity contribution in [2.24, 2.45) is 0 Å². The summed E-state index contributed by atoms with van der Waals surface area (Å²) >= 11 is 0. The van der Waals surface area contributed by atoms with Gasteiger partial charge in [-0.1, -0.05) is 18.2 Å². The van der Waals surface area contributed by atoms with Crippen LogP contribution in [0.3, 0.4) is 0 Å². The summed E-state index contributed by atoms with van der Waals surface area (Å²) in [5.41, 5.74) is 1.01. The molecule has 1 aromatic heterocycles. The van der Waals surface area contributed by atoms with E-state index in [0.717, 1.165) is 23.2 Å². The number of nitrogens with one attached hydrogen (secondary N) is 1. The first-order chi connectivity index (χ1) is 9.77. The third-order valence-corrected chi connectivity index (χ3v) is 3.41. The van der Waals surface area contributed by atoms with Gasteiger partial charge in [-0.25, -0.2) is 0 Å². The van der Waals surface area contributed by atoms with E-state index in [4.69, 9.17) is 4.42 Å². The van der Waals surface area contributed by atoms with Crippen molar-refractivity contribution in [3.8, 4) is 0 Å². The highest BCUT2D eigenvalue weighted by Gasteiger charge is 2.30. The molecule has 2 nitrogen and oxygen atoms in total. The molecule has 0 aliphatic carbocycles. The Morgan fingerprint density at radius 1 is 1.19 bits per heavy atom. The Labute approximate surface area is 122 Å². The molecule has 21 heavy (non-hydrogen) atoms. The molecule has 5 heteroatoms. The maximum absolute atomic E-state index is 12.7. The molecule has 2 aromatic rings. The lowest BCUT2D eigenvalue weighted by Crippen LogP contribution is -2.18. The molecule has 1 aromatic carbocycles. The van der Waals surface area contributed by atoms with Crippen LogP contribution in [0.2, 0.25) is 0 Å². The van der Waals surface area contributed by atoms with Gasteiger partial charge in [-0.15, -0.1) is 0 Å². The van der Waals surface area contributed by atoms with E-state index >= 15 is 0 Å². The Hall–Kier alpha value is -1.75. The number of halogens is 3. The Bertz CT molecular complexity index is 616. The number of benzene rings is 1. The average molecular weight is 297 g/mol. The Morgan fingerprint density at radius 2 is 1.90 bits per heavy atom. The van der Waals surface area contributed by atoms with Gasteiger partial charge in [0.05, 0.1) is 5.56 Å². The Balaban J connectivity index is 2.05. The fourth-order valence-electron chi connectivity index (χ4n) is 2.32. The number of hydrogen-bond donors (Lipinski definition) is 1. The molecule has 2 rings (SSSR count). The van der Waals surface area contributed by atoms with Crippen LogP contribution in [0, 0.1) is 13.8 Å². The van der Waals surface area contributed by atoms with E-state index in [9.17, 15) is 13.2 Å². The zero-order valence-corrected chi connectivity index (χ0v) is 12.2. The lowest BCUT2D eigenvalue weighted by molar-refractivity contribution is -0.137. The summed E-state index contributed by atoms with van der Waals surface area (Å²) in [7, 11) is 0. The number of aryl methyl sites for hydroxylation is 2. The molecule has 1 unspecified atom stereocenters. The van der Waals surface area contributed by atoms with Gasteiger partial charge in [0.15, 0.2) is 0 Å². The van der Waals surface area contributed by atoms with E-state index in [1.807, 2.05) is 26.8 Å². The molecule has 0 aliphatic heterocycles. The van der Waals surface area contributed by atoms with Gasteiger partial charge < -0.3 is 9.73 Å². The summed E-state index contributed by atoms with van der Waals surface area (Å²) in [5, 5.41) is 3.22. The van der Waals surface area contributed by atoms with Crippen molar-refractivity contribution in [1.82, 2.24) is 5.32 Å². The van der Waals surface area contributed by atoms with Gasteiger partial charge in [0.1, 0.15) is 11.5 Å². The number of rotatable bonds is 4. The van der Waals surface area contributed by atoms with Crippen LogP contribution < -0.4 is 5.32 Å². The SMILES string of the molecule is Cc1cc(C(C)NCc2cccc(C(F)(F)F)c2)c(C)o1. The van der Waals surface area contributed by atoms with Gasteiger partial charge in [0, 0.05) is 18.2 Å². The molecule has 0 spiro atoms. The molecule has 0 radical (unpaired) electrons. The van der Waals surface area contributed by atoms with Crippen molar-refractivity contribution in [3.63, 3.8) is 0 Å². The topological polar surface area (TPSA) is 25.2 Å². The van der Waals surface area contributed by atoms with Crippen molar-refractivity contribution in [3.05, 3.63) is 58.5 Å². The first-order valence-corrected chi connectivity index (χ1v) is 6.74. The summed E-state index contributed by atoms with van der Waals surface area (Å²) in [5.74, 6) is 1.66. The zero-order chi connectivity index (χ0) is 15.6. The van der Waals surface area contributed by atoms with E-state index < -0.39 is 11.7 Å². The van der Waals surface area contributed by atoms with Crippen LogP contribution in [-0.2, 0) is 12.7 Å². The third kappa shape index (κ3) is 3.88. The highest BCUT2D eigenvalue weighted by molar-refractivity contribution is 5.27. The lowest BCUT2D eigenvalue weighted by atomic mass is 10.1. The first-order valence-electron chi connectivity index (χ1n) is 6.74. The summed E-state index contributed by atoms with van der Waals surface area (Å²) < 4.78 is 43.4. The molecular formula is C16H18F3NO. The van der Waals surface area contributed by atoms with Crippen molar-refractivity contribution < 1.29 is 17.6 Å². The van der Waals surface area contributed by atoms with E-state index in [2.05, 4.69) is 5.32 Å². The molecule has 0 saturated carbocycles. The minimum absolute atomic E-state index is 0.0111. The second-order valence-corrected chi connectivity index (χ2v) is 5.17. The van der Waals surface area contributed by atoms with Crippen LogP contribution in [0.25, 0.3) is 0 Å².